The van der Waals surface area contributed by atoms with Crippen molar-refractivity contribution in [2.45, 2.75) is 26.2 Å². The molecule has 0 saturated heterocycles. The van der Waals surface area contributed by atoms with E-state index in [9.17, 15) is 0 Å². The quantitative estimate of drug-likeness (QED) is 0.552. The minimum absolute atomic E-state index is 0.778. The van der Waals surface area contributed by atoms with Gasteiger partial charge in [-0.1, -0.05) is 25.5 Å². The van der Waals surface area contributed by atoms with E-state index in [0.717, 1.165) is 13.0 Å². The summed E-state index contributed by atoms with van der Waals surface area (Å²) in [5.41, 5.74) is 5.26. The van der Waals surface area contributed by atoms with Crippen molar-refractivity contribution in [2.75, 3.05) is 6.54 Å². The van der Waals surface area contributed by atoms with E-state index >= 15 is 0 Å². The van der Waals surface area contributed by atoms with Gasteiger partial charge in [0, 0.05) is 0 Å². The Kier molecular flexibility index (Phi) is 6.45. The minimum Gasteiger partial charge on any atom is -0.330 e. The van der Waals surface area contributed by atoms with Crippen molar-refractivity contribution in [1.29, 1.82) is 0 Å². The van der Waals surface area contributed by atoms with Crippen molar-refractivity contribution in [1.82, 2.24) is 0 Å². The van der Waals surface area contributed by atoms with Crippen molar-refractivity contribution < 1.29 is 0 Å². The summed E-state index contributed by atoms with van der Waals surface area (Å²) in [5, 5.41) is 0. The Bertz CT molecular complexity index is 49.4. The molecule has 0 aliphatic rings. The highest BCUT2D eigenvalue weighted by Gasteiger charge is 1.72. The van der Waals surface area contributed by atoms with Gasteiger partial charge in [-0.05, 0) is 19.4 Å². The molecule has 0 radical (unpaired) electrons. The summed E-state index contributed by atoms with van der Waals surface area (Å²) < 4.78 is 0. The van der Waals surface area contributed by atoms with Crippen LogP contribution in [0.3, 0.4) is 0 Å². The lowest BCUT2D eigenvalue weighted by Crippen LogP contribution is -1.94. The topological polar surface area (TPSA) is 26.0 Å². The lowest BCUT2D eigenvalue weighted by atomic mass is 10.3. The molecule has 2 N–H and O–H groups in total. The smallest absolute Gasteiger partial charge is 0.00426 e. The lowest BCUT2D eigenvalue weighted by Gasteiger charge is -1.83. The lowest BCUT2D eigenvalue weighted by molar-refractivity contribution is 0.938. The van der Waals surface area contributed by atoms with Gasteiger partial charge in [-0.25, -0.2) is 0 Å². The number of unbranched alkanes of at least 4 members (excludes halogenated alkanes) is 1. The Hall–Kier alpha value is -0.300. The molecule has 0 aromatic heterocycles. The molecular formula is C7H15N. The second-order valence-electron chi connectivity index (χ2n) is 1.84. The minimum atomic E-state index is 0.778. The van der Waals surface area contributed by atoms with E-state index in [4.69, 9.17) is 5.73 Å². The third kappa shape index (κ3) is 5.70. The fraction of sp³-hybridized carbons (Fsp3) is 0.714. The molecular weight excluding hydrogens is 98.1 g/mol. The summed E-state index contributed by atoms with van der Waals surface area (Å²) in [7, 11) is 0. The maximum atomic E-state index is 5.26. The molecule has 0 aliphatic heterocycles. The SMILES string of the molecule is CCCC=CCCN. The second kappa shape index (κ2) is 6.70. The van der Waals surface area contributed by atoms with Gasteiger partial charge in [-0.15, -0.1) is 0 Å². The number of allylic oxidation sites excluding steroid dienone is 1. The predicted molar refractivity (Wildman–Crippen MR) is 37.7 cm³/mol. The highest BCUT2D eigenvalue weighted by Crippen LogP contribution is 1.88. The van der Waals surface area contributed by atoms with Crippen molar-refractivity contribution >= 4 is 0 Å². The third-order valence-electron chi connectivity index (χ3n) is 0.955. The van der Waals surface area contributed by atoms with Gasteiger partial charge in [0.15, 0.2) is 0 Å². The predicted octanol–water partition coefficient (Wildman–Crippen LogP) is 1.69. The number of rotatable bonds is 4. The summed E-state index contributed by atoms with van der Waals surface area (Å²) in [6.45, 7) is 2.95. The number of hydrogen-bond acceptors (Lipinski definition) is 1. The van der Waals surface area contributed by atoms with E-state index in [1.165, 1.54) is 12.8 Å². The standard InChI is InChI=1S/C7H15N/c1-2-3-4-5-6-7-8/h4-5H,2-3,6-8H2,1H3. The molecule has 0 amide bonds. The Balaban J connectivity index is 2.83. The molecule has 8 heavy (non-hydrogen) atoms. The first-order chi connectivity index (χ1) is 3.91. The Morgan fingerprint density at radius 1 is 1.25 bits per heavy atom. The third-order valence-corrected chi connectivity index (χ3v) is 0.955. The van der Waals surface area contributed by atoms with Crippen molar-refractivity contribution in [3.05, 3.63) is 12.2 Å². The van der Waals surface area contributed by atoms with Crippen LogP contribution in [0.4, 0.5) is 0 Å². The average Bonchev–Trinajstić information content (AvgIpc) is 1.81. The van der Waals surface area contributed by atoms with Gasteiger partial charge in [-0.2, -0.15) is 0 Å². The Labute approximate surface area is 51.6 Å². The zero-order valence-corrected chi connectivity index (χ0v) is 5.56. The molecule has 1 heteroatoms. The molecule has 0 atom stereocenters. The first kappa shape index (κ1) is 7.70. The van der Waals surface area contributed by atoms with Gasteiger partial charge in [0.2, 0.25) is 0 Å². The van der Waals surface area contributed by atoms with E-state index in [1.54, 1.807) is 0 Å². The summed E-state index contributed by atoms with van der Waals surface area (Å²) in [5.74, 6) is 0. The summed E-state index contributed by atoms with van der Waals surface area (Å²) in [4.78, 5) is 0. The van der Waals surface area contributed by atoms with Crippen LogP contribution in [0, 0.1) is 0 Å². The van der Waals surface area contributed by atoms with Gasteiger partial charge in [0.05, 0.1) is 0 Å². The molecule has 1 nitrogen and oxygen atoms in total. The zero-order chi connectivity index (χ0) is 6.24. The van der Waals surface area contributed by atoms with Crippen LogP contribution in [0.1, 0.15) is 26.2 Å². The van der Waals surface area contributed by atoms with Crippen molar-refractivity contribution in [2.24, 2.45) is 5.73 Å². The van der Waals surface area contributed by atoms with Gasteiger partial charge in [0.1, 0.15) is 0 Å². The van der Waals surface area contributed by atoms with Crippen LogP contribution in [-0.4, -0.2) is 6.54 Å². The first-order valence-electron chi connectivity index (χ1n) is 3.27. The Morgan fingerprint density at radius 2 is 1.88 bits per heavy atom. The molecule has 0 aromatic carbocycles. The number of hydrogen-bond donors (Lipinski definition) is 1. The zero-order valence-electron chi connectivity index (χ0n) is 5.56. The molecule has 0 fully saturated rings. The molecule has 0 heterocycles. The van der Waals surface area contributed by atoms with Crippen LogP contribution < -0.4 is 5.73 Å². The fourth-order valence-corrected chi connectivity index (χ4v) is 0.499. The summed E-state index contributed by atoms with van der Waals surface area (Å²) >= 11 is 0. The van der Waals surface area contributed by atoms with Crippen LogP contribution in [0.25, 0.3) is 0 Å². The van der Waals surface area contributed by atoms with E-state index in [2.05, 4.69) is 19.1 Å². The van der Waals surface area contributed by atoms with Gasteiger partial charge >= 0.3 is 0 Å². The van der Waals surface area contributed by atoms with Gasteiger partial charge < -0.3 is 5.73 Å². The average molecular weight is 113 g/mol. The van der Waals surface area contributed by atoms with Crippen molar-refractivity contribution in [3.8, 4) is 0 Å². The van der Waals surface area contributed by atoms with Crippen LogP contribution in [0.15, 0.2) is 12.2 Å². The largest absolute Gasteiger partial charge is 0.330 e. The maximum absolute atomic E-state index is 5.26. The number of nitrogens with two attached hydrogens (primary N) is 1. The summed E-state index contributed by atoms with van der Waals surface area (Å²) in [6, 6.07) is 0. The molecule has 0 spiro atoms. The normalized spacial score (nSPS) is 10.8. The molecule has 0 rings (SSSR count). The van der Waals surface area contributed by atoms with Crippen LogP contribution in [0.5, 0.6) is 0 Å². The summed E-state index contributed by atoms with van der Waals surface area (Å²) in [6.07, 6.45) is 7.79. The van der Waals surface area contributed by atoms with Gasteiger partial charge in [0.25, 0.3) is 0 Å². The van der Waals surface area contributed by atoms with E-state index < -0.39 is 0 Å². The van der Waals surface area contributed by atoms with Crippen LogP contribution in [0.2, 0.25) is 0 Å². The first-order valence-corrected chi connectivity index (χ1v) is 3.27. The van der Waals surface area contributed by atoms with E-state index in [-0.39, 0.29) is 0 Å². The molecule has 0 aliphatic carbocycles. The highest BCUT2D eigenvalue weighted by molar-refractivity contribution is 4.80. The fourth-order valence-electron chi connectivity index (χ4n) is 0.499. The molecule has 0 bridgehead atoms. The van der Waals surface area contributed by atoms with Crippen molar-refractivity contribution in [3.63, 3.8) is 0 Å². The molecule has 0 unspecified atom stereocenters. The maximum Gasteiger partial charge on any atom is -0.00426 e. The van der Waals surface area contributed by atoms with Crippen LogP contribution in [-0.2, 0) is 0 Å². The molecule has 48 valence electrons. The molecule has 0 saturated carbocycles. The van der Waals surface area contributed by atoms with Crippen LogP contribution >= 0.6 is 0 Å². The Morgan fingerprint density at radius 3 is 2.38 bits per heavy atom. The van der Waals surface area contributed by atoms with E-state index in [0.29, 0.717) is 0 Å². The highest BCUT2D eigenvalue weighted by atomic mass is 14.5. The monoisotopic (exact) mass is 113 g/mol. The second-order valence-corrected chi connectivity index (χ2v) is 1.84. The van der Waals surface area contributed by atoms with Gasteiger partial charge in [-0.3, -0.25) is 0 Å². The van der Waals surface area contributed by atoms with E-state index in [1.807, 2.05) is 0 Å². The molecule has 0 aromatic rings.